The van der Waals surface area contributed by atoms with Crippen molar-refractivity contribution in [1.29, 1.82) is 0 Å². The van der Waals surface area contributed by atoms with E-state index in [1.165, 1.54) is 11.8 Å². The SMILES string of the molecule is Cc1ccnc(-c2cc(CCC#Cc3ccc(/C=N/NC(N)=O)nc3)ccn2)c1. The molecule has 0 aliphatic rings. The molecule has 144 valence electrons. The fraction of sp³-hybridized carbons (Fsp3) is 0.136. The van der Waals surface area contributed by atoms with Crippen LogP contribution >= 0.6 is 0 Å². The number of pyridine rings is 3. The van der Waals surface area contributed by atoms with Gasteiger partial charge in [0.15, 0.2) is 0 Å². The summed E-state index contributed by atoms with van der Waals surface area (Å²) in [5, 5.41) is 3.66. The lowest BCUT2D eigenvalue weighted by Gasteiger charge is -2.03. The van der Waals surface area contributed by atoms with E-state index in [-0.39, 0.29) is 0 Å². The van der Waals surface area contributed by atoms with Crippen molar-refractivity contribution in [2.45, 2.75) is 19.8 Å². The summed E-state index contributed by atoms with van der Waals surface area (Å²) in [5.41, 5.74) is 12.5. The smallest absolute Gasteiger partial charge is 0.332 e. The highest BCUT2D eigenvalue weighted by Gasteiger charge is 2.02. The molecule has 3 aromatic rings. The normalized spacial score (nSPS) is 10.4. The maximum atomic E-state index is 10.5. The number of hydrazone groups is 1. The molecule has 0 saturated carbocycles. The fourth-order valence-electron chi connectivity index (χ4n) is 2.54. The number of nitrogens with two attached hydrogens (primary N) is 1. The van der Waals surface area contributed by atoms with Gasteiger partial charge in [-0.25, -0.2) is 10.2 Å². The van der Waals surface area contributed by atoms with Crippen LogP contribution in [-0.4, -0.2) is 27.2 Å². The number of aromatic nitrogens is 3. The van der Waals surface area contributed by atoms with Gasteiger partial charge in [0.25, 0.3) is 0 Å². The van der Waals surface area contributed by atoms with E-state index in [1.54, 1.807) is 24.7 Å². The predicted molar refractivity (Wildman–Crippen MR) is 112 cm³/mol. The Labute approximate surface area is 169 Å². The molecule has 3 heterocycles. The van der Waals surface area contributed by atoms with Gasteiger partial charge in [-0.05, 0) is 60.9 Å². The maximum absolute atomic E-state index is 10.5. The maximum Gasteiger partial charge on any atom is 0.332 e. The van der Waals surface area contributed by atoms with Crippen LogP contribution in [0.25, 0.3) is 11.4 Å². The summed E-state index contributed by atoms with van der Waals surface area (Å²) in [6.45, 7) is 2.04. The lowest BCUT2D eigenvalue weighted by molar-refractivity contribution is 0.249. The van der Waals surface area contributed by atoms with Crippen molar-refractivity contribution >= 4 is 12.2 Å². The standard InChI is InChI=1S/C22H20N6O/c1-16-8-10-24-20(12-16)21-13-17(9-11-25-21)4-2-3-5-18-6-7-19(26-14-18)15-27-28-22(23)29/h6-15H,2,4H2,1H3,(H3,23,28,29)/b27-15+. The summed E-state index contributed by atoms with van der Waals surface area (Å²) < 4.78 is 0. The molecule has 0 saturated heterocycles. The van der Waals surface area contributed by atoms with Gasteiger partial charge in [0.1, 0.15) is 0 Å². The summed E-state index contributed by atoms with van der Waals surface area (Å²) in [5.74, 6) is 6.26. The minimum atomic E-state index is -0.722. The molecule has 3 N–H and O–H groups in total. The van der Waals surface area contributed by atoms with Gasteiger partial charge in [-0.15, -0.1) is 0 Å². The van der Waals surface area contributed by atoms with Gasteiger partial charge >= 0.3 is 6.03 Å². The predicted octanol–water partition coefficient (Wildman–Crippen LogP) is 2.83. The molecule has 0 aliphatic carbocycles. The minimum Gasteiger partial charge on any atom is -0.350 e. The topological polar surface area (TPSA) is 106 Å². The van der Waals surface area contributed by atoms with Gasteiger partial charge in [0.2, 0.25) is 0 Å². The summed E-state index contributed by atoms with van der Waals surface area (Å²) in [4.78, 5) is 23.6. The second-order valence-electron chi connectivity index (χ2n) is 6.28. The molecule has 2 amide bonds. The average molecular weight is 384 g/mol. The Kier molecular flexibility index (Phi) is 6.63. The van der Waals surface area contributed by atoms with Gasteiger partial charge in [0, 0.05) is 30.6 Å². The van der Waals surface area contributed by atoms with Gasteiger partial charge in [-0.3, -0.25) is 15.0 Å². The van der Waals surface area contributed by atoms with Crippen molar-refractivity contribution in [3.05, 3.63) is 77.4 Å². The molecule has 0 fully saturated rings. The number of urea groups is 1. The van der Waals surface area contributed by atoms with Crippen LogP contribution in [0, 0.1) is 18.8 Å². The van der Waals surface area contributed by atoms with E-state index in [0.29, 0.717) is 5.69 Å². The lowest BCUT2D eigenvalue weighted by atomic mass is 10.1. The zero-order valence-electron chi connectivity index (χ0n) is 16.0. The molecule has 3 rings (SSSR count). The zero-order valence-corrected chi connectivity index (χ0v) is 16.0. The Hall–Kier alpha value is -4.05. The van der Waals surface area contributed by atoms with Gasteiger partial charge < -0.3 is 5.73 Å². The number of carbonyl (C=O) groups excluding carboxylic acids is 1. The van der Waals surface area contributed by atoms with Gasteiger partial charge in [-0.2, -0.15) is 5.10 Å². The number of amides is 2. The Morgan fingerprint density at radius 2 is 1.93 bits per heavy atom. The number of carbonyl (C=O) groups is 1. The van der Waals surface area contributed by atoms with Crippen molar-refractivity contribution < 1.29 is 4.79 Å². The molecular weight excluding hydrogens is 364 g/mol. The van der Waals surface area contributed by atoms with Crippen LogP contribution in [0.1, 0.15) is 28.8 Å². The highest BCUT2D eigenvalue weighted by molar-refractivity contribution is 5.79. The molecular formula is C22H20N6O. The third-order valence-electron chi connectivity index (χ3n) is 3.93. The van der Waals surface area contributed by atoms with Crippen LogP contribution in [0.4, 0.5) is 4.79 Å². The van der Waals surface area contributed by atoms with Crippen molar-refractivity contribution in [3.63, 3.8) is 0 Å². The highest BCUT2D eigenvalue weighted by Crippen LogP contribution is 2.17. The fourth-order valence-corrected chi connectivity index (χ4v) is 2.54. The number of aryl methyl sites for hydroxylation is 2. The van der Waals surface area contributed by atoms with Gasteiger partial charge in [0.05, 0.1) is 23.3 Å². The molecule has 0 spiro atoms. The molecule has 7 heteroatoms. The van der Waals surface area contributed by atoms with E-state index in [4.69, 9.17) is 5.73 Å². The number of primary amides is 1. The second kappa shape index (κ2) is 9.76. The minimum absolute atomic E-state index is 0.596. The van der Waals surface area contributed by atoms with E-state index in [1.807, 2.05) is 31.2 Å². The van der Waals surface area contributed by atoms with Crippen molar-refractivity contribution in [2.75, 3.05) is 0 Å². The van der Waals surface area contributed by atoms with E-state index < -0.39 is 6.03 Å². The molecule has 29 heavy (non-hydrogen) atoms. The molecule has 0 radical (unpaired) electrons. The molecule has 0 atom stereocenters. The Bertz CT molecular complexity index is 1080. The number of hydrogen-bond acceptors (Lipinski definition) is 5. The summed E-state index contributed by atoms with van der Waals surface area (Å²) in [6.07, 6.45) is 8.21. The Morgan fingerprint density at radius 3 is 2.66 bits per heavy atom. The van der Waals surface area contributed by atoms with Crippen LogP contribution in [0.2, 0.25) is 0 Å². The van der Waals surface area contributed by atoms with E-state index >= 15 is 0 Å². The van der Waals surface area contributed by atoms with Crippen LogP contribution < -0.4 is 11.2 Å². The average Bonchev–Trinajstić information content (AvgIpc) is 2.72. The highest BCUT2D eigenvalue weighted by atomic mass is 16.2. The van der Waals surface area contributed by atoms with Crippen molar-refractivity contribution in [3.8, 4) is 23.2 Å². The summed E-state index contributed by atoms with van der Waals surface area (Å²) >= 11 is 0. The quantitative estimate of drug-likeness (QED) is 0.401. The Balaban J connectivity index is 1.57. The largest absolute Gasteiger partial charge is 0.350 e. The summed E-state index contributed by atoms with van der Waals surface area (Å²) in [7, 11) is 0. The van der Waals surface area contributed by atoms with Crippen molar-refractivity contribution in [2.24, 2.45) is 10.8 Å². The van der Waals surface area contributed by atoms with Crippen LogP contribution in [0.5, 0.6) is 0 Å². The monoisotopic (exact) mass is 384 g/mol. The first-order valence-corrected chi connectivity index (χ1v) is 9.01. The first kappa shape index (κ1) is 19.7. The molecule has 3 aromatic heterocycles. The van der Waals surface area contributed by atoms with Crippen molar-refractivity contribution in [1.82, 2.24) is 20.4 Å². The second-order valence-corrected chi connectivity index (χ2v) is 6.28. The number of rotatable bonds is 5. The molecule has 0 aliphatic heterocycles. The molecule has 0 unspecified atom stereocenters. The molecule has 7 nitrogen and oxygen atoms in total. The van der Waals surface area contributed by atoms with Crippen LogP contribution in [-0.2, 0) is 6.42 Å². The van der Waals surface area contributed by atoms with E-state index in [9.17, 15) is 4.79 Å². The third kappa shape index (κ3) is 6.26. The van der Waals surface area contributed by atoms with E-state index in [2.05, 4.69) is 43.4 Å². The first-order valence-electron chi connectivity index (χ1n) is 9.01. The van der Waals surface area contributed by atoms with E-state index in [0.717, 1.165) is 35.4 Å². The lowest BCUT2D eigenvalue weighted by Crippen LogP contribution is -2.24. The van der Waals surface area contributed by atoms with Crippen LogP contribution in [0.3, 0.4) is 0 Å². The number of hydrogen-bond donors (Lipinski definition) is 2. The zero-order chi connectivity index (χ0) is 20.5. The molecule has 0 bridgehead atoms. The third-order valence-corrected chi connectivity index (χ3v) is 3.93. The number of nitrogens with zero attached hydrogens (tertiary/aromatic N) is 4. The number of nitrogens with one attached hydrogen (secondary N) is 1. The first-order chi connectivity index (χ1) is 14.1. The van der Waals surface area contributed by atoms with Crippen LogP contribution in [0.15, 0.2) is 60.1 Å². The Morgan fingerprint density at radius 1 is 1.14 bits per heavy atom. The molecule has 0 aromatic carbocycles. The summed E-state index contributed by atoms with van der Waals surface area (Å²) in [6, 6.07) is 10.9. The van der Waals surface area contributed by atoms with Gasteiger partial charge in [-0.1, -0.05) is 11.8 Å².